The van der Waals surface area contributed by atoms with E-state index in [9.17, 15) is 5.11 Å². The quantitative estimate of drug-likeness (QED) is 0.149. The summed E-state index contributed by atoms with van der Waals surface area (Å²) in [4.78, 5) is 4.76. The summed E-state index contributed by atoms with van der Waals surface area (Å²) < 4.78 is 0.947. The molecule has 0 fully saturated rings. The molecule has 1 N–H and O–H groups in total. The number of amidine groups is 1. The molecule has 1 aliphatic rings. The van der Waals surface area contributed by atoms with Crippen molar-refractivity contribution in [2.24, 2.45) is 4.99 Å². The predicted molar refractivity (Wildman–Crippen MR) is 124 cm³/mol. The van der Waals surface area contributed by atoms with Gasteiger partial charge in [0, 0.05) is 6.42 Å². The first-order valence-electron chi connectivity index (χ1n) is 12.4. The van der Waals surface area contributed by atoms with Crippen molar-refractivity contribution in [2.75, 3.05) is 32.8 Å². The molecule has 1 aliphatic heterocycles. The number of quaternary nitrogens is 1. The van der Waals surface area contributed by atoms with Crippen LogP contribution in [0.5, 0.6) is 0 Å². The van der Waals surface area contributed by atoms with Crippen LogP contribution < -0.4 is 0 Å². The molecule has 1 unspecified atom stereocenters. The smallest absolute Gasteiger partial charge is 0.198 e. The Kier molecular flexibility index (Phi) is 15.6. The SMILES string of the molecule is CCCCCCC/C=C/CCCCCCCCCC1=NCC[N+]1(CC)CCO. The first-order chi connectivity index (χ1) is 13.8. The molecule has 0 spiro atoms. The number of rotatable bonds is 19. The van der Waals surface area contributed by atoms with Crippen LogP contribution in [0.1, 0.15) is 110 Å². The Hall–Kier alpha value is -0.670. The minimum atomic E-state index is 0.279. The highest BCUT2D eigenvalue weighted by Gasteiger charge is 2.35. The van der Waals surface area contributed by atoms with Gasteiger partial charge in [0.2, 0.25) is 0 Å². The fraction of sp³-hybridized carbons (Fsp3) is 0.880. The Balaban J connectivity index is 1.90. The van der Waals surface area contributed by atoms with Crippen LogP contribution in [-0.4, -0.2) is 48.2 Å². The maximum absolute atomic E-state index is 9.38. The Morgan fingerprint density at radius 3 is 1.96 bits per heavy atom. The molecule has 0 aromatic carbocycles. The van der Waals surface area contributed by atoms with E-state index in [4.69, 9.17) is 4.99 Å². The van der Waals surface area contributed by atoms with Gasteiger partial charge < -0.3 is 5.11 Å². The standard InChI is InChI=1S/C25H49N2O/c1-3-5-6-7-8-9-10-11-12-13-14-15-16-17-18-19-20-25-26-21-22-27(25,4-2)23-24-28/h10-11,28H,3-9,12-24H2,1-2H3/q+1/b11-10+. The summed E-state index contributed by atoms with van der Waals surface area (Å²) >= 11 is 0. The first kappa shape index (κ1) is 25.4. The average molecular weight is 394 g/mol. The second-order valence-corrected chi connectivity index (χ2v) is 8.62. The number of unbranched alkanes of at least 4 members (excludes halogenated alkanes) is 12. The van der Waals surface area contributed by atoms with E-state index in [1.807, 2.05) is 0 Å². The monoisotopic (exact) mass is 393 g/mol. The lowest BCUT2D eigenvalue weighted by Gasteiger charge is -2.33. The summed E-state index contributed by atoms with van der Waals surface area (Å²) in [5.41, 5.74) is 0. The lowest BCUT2D eigenvalue weighted by atomic mass is 10.1. The Morgan fingerprint density at radius 2 is 1.39 bits per heavy atom. The van der Waals surface area contributed by atoms with Gasteiger partial charge in [0.15, 0.2) is 5.84 Å². The maximum Gasteiger partial charge on any atom is 0.198 e. The van der Waals surface area contributed by atoms with Gasteiger partial charge in [-0.25, -0.2) is 4.99 Å². The van der Waals surface area contributed by atoms with E-state index in [0.717, 1.165) is 37.1 Å². The fourth-order valence-electron chi connectivity index (χ4n) is 4.43. The normalized spacial score (nSPS) is 19.6. The molecule has 164 valence electrons. The van der Waals surface area contributed by atoms with Crippen molar-refractivity contribution >= 4 is 5.84 Å². The van der Waals surface area contributed by atoms with Crippen molar-refractivity contribution in [2.45, 2.75) is 110 Å². The molecule has 0 saturated carbocycles. The highest BCUT2D eigenvalue weighted by atomic mass is 16.3. The van der Waals surface area contributed by atoms with Crippen LogP contribution in [0.3, 0.4) is 0 Å². The van der Waals surface area contributed by atoms with Crippen LogP contribution in [-0.2, 0) is 0 Å². The molecule has 0 radical (unpaired) electrons. The van der Waals surface area contributed by atoms with Crippen molar-refractivity contribution in [3.63, 3.8) is 0 Å². The number of aliphatic imine (C=N–C) groups is 1. The molecule has 1 atom stereocenters. The predicted octanol–water partition coefficient (Wildman–Crippen LogP) is 6.66. The largest absolute Gasteiger partial charge is 0.390 e. The molecule has 0 aromatic rings. The van der Waals surface area contributed by atoms with Gasteiger partial charge in [0.1, 0.15) is 13.1 Å². The number of nitrogens with zero attached hydrogens (tertiary/aromatic N) is 2. The molecule has 0 saturated heterocycles. The highest BCUT2D eigenvalue weighted by molar-refractivity contribution is 5.76. The number of hydrogen-bond donors (Lipinski definition) is 1. The summed E-state index contributed by atoms with van der Waals surface area (Å²) in [5, 5.41) is 9.38. The zero-order valence-corrected chi connectivity index (χ0v) is 19.1. The highest BCUT2D eigenvalue weighted by Crippen LogP contribution is 2.20. The third-order valence-electron chi connectivity index (χ3n) is 6.42. The summed E-state index contributed by atoms with van der Waals surface area (Å²) in [6.07, 6.45) is 25.0. The molecule has 0 aliphatic carbocycles. The minimum Gasteiger partial charge on any atom is -0.390 e. The molecule has 1 rings (SSSR count). The molecule has 3 nitrogen and oxygen atoms in total. The van der Waals surface area contributed by atoms with Gasteiger partial charge in [-0.3, -0.25) is 4.48 Å². The van der Waals surface area contributed by atoms with Crippen LogP contribution in [0.25, 0.3) is 0 Å². The van der Waals surface area contributed by atoms with E-state index in [0.29, 0.717) is 0 Å². The van der Waals surface area contributed by atoms with E-state index in [-0.39, 0.29) is 6.61 Å². The minimum absolute atomic E-state index is 0.279. The molecule has 28 heavy (non-hydrogen) atoms. The maximum atomic E-state index is 9.38. The number of aliphatic hydroxyl groups excluding tert-OH is 1. The van der Waals surface area contributed by atoms with Gasteiger partial charge in [0.05, 0.1) is 19.7 Å². The summed E-state index contributed by atoms with van der Waals surface area (Å²) in [7, 11) is 0. The molecule has 0 amide bonds. The Morgan fingerprint density at radius 1 is 0.821 bits per heavy atom. The van der Waals surface area contributed by atoms with Crippen molar-refractivity contribution in [1.82, 2.24) is 0 Å². The number of aliphatic hydroxyl groups is 1. The zero-order chi connectivity index (χ0) is 20.3. The van der Waals surface area contributed by atoms with E-state index in [1.54, 1.807) is 0 Å². The van der Waals surface area contributed by atoms with Gasteiger partial charge in [0.25, 0.3) is 0 Å². The summed E-state index contributed by atoms with van der Waals surface area (Å²) in [6, 6.07) is 0. The second-order valence-electron chi connectivity index (χ2n) is 8.62. The molecule has 1 heterocycles. The number of hydrogen-bond acceptors (Lipinski definition) is 2. The Labute approximate surface area is 175 Å². The van der Waals surface area contributed by atoms with Crippen molar-refractivity contribution in [1.29, 1.82) is 0 Å². The van der Waals surface area contributed by atoms with Gasteiger partial charge in [-0.2, -0.15) is 0 Å². The van der Waals surface area contributed by atoms with Gasteiger partial charge in [-0.15, -0.1) is 0 Å². The first-order valence-corrected chi connectivity index (χ1v) is 12.4. The third kappa shape index (κ3) is 10.8. The molecule has 0 bridgehead atoms. The van der Waals surface area contributed by atoms with E-state index < -0.39 is 0 Å². The van der Waals surface area contributed by atoms with Crippen LogP contribution in [0.2, 0.25) is 0 Å². The van der Waals surface area contributed by atoms with E-state index in [2.05, 4.69) is 26.0 Å². The van der Waals surface area contributed by atoms with Gasteiger partial charge in [-0.1, -0.05) is 76.9 Å². The van der Waals surface area contributed by atoms with Crippen molar-refractivity contribution in [3.05, 3.63) is 12.2 Å². The van der Waals surface area contributed by atoms with Crippen LogP contribution in [0, 0.1) is 0 Å². The third-order valence-corrected chi connectivity index (χ3v) is 6.42. The van der Waals surface area contributed by atoms with Crippen LogP contribution in [0.15, 0.2) is 17.1 Å². The molecular formula is C25H49N2O+. The van der Waals surface area contributed by atoms with E-state index in [1.165, 1.54) is 95.7 Å². The topological polar surface area (TPSA) is 32.6 Å². The van der Waals surface area contributed by atoms with E-state index >= 15 is 0 Å². The average Bonchev–Trinajstić information content (AvgIpc) is 3.11. The summed E-state index contributed by atoms with van der Waals surface area (Å²) in [6.45, 7) is 8.77. The fourth-order valence-corrected chi connectivity index (χ4v) is 4.43. The Bertz CT molecular complexity index is 419. The number of likely N-dealkylation sites (N-methyl/N-ethyl adjacent to an activating group) is 1. The van der Waals surface area contributed by atoms with Crippen LogP contribution >= 0.6 is 0 Å². The molecule has 0 aromatic heterocycles. The lowest BCUT2D eigenvalue weighted by Crippen LogP contribution is -2.52. The van der Waals surface area contributed by atoms with Crippen LogP contribution in [0.4, 0.5) is 0 Å². The number of allylic oxidation sites excluding steroid dienone is 2. The molecule has 3 heteroatoms. The molecular weight excluding hydrogens is 344 g/mol. The zero-order valence-electron chi connectivity index (χ0n) is 19.1. The lowest BCUT2D eigenvalue weighted by molar-refractivity contribution is -0.835. The van der Waals surface area contributed by atoms with Gasteiger partial charge >= 0.3 is 0 Å². The summed E-state index contributed by atoms with van der Waals surface area (Å²) in [5.74, 6) is 1.36. The van der Waals surface area contributed by atoms with Crippen molar-refractivity contribution < 1.29 is 9.59 Å². The second kappa shape index (κ2) is 17.2. The van der Waals surface area contributed by atoms with Crippen molar-refractivity contribution in [3.8, 4) is 0 Å². The van der Waals surface area contributed by atoms with Gasteiger partial charge in [-0.05, 0) is 39.0 Å².